The molecule has 2 unspecified atom stereocenters. The summed E-state index contributed by atoms with van der Waals surface area (Å²) in [5, 5.41) is 0. The Morgan fingerprint density at radius 3 is 2.20 bits per heavy atom. The van der Waals surface area contributed by atoms with Gasteiger partial charge < -0.3 is 10.5 Å². The third-order valence-corrected chi connectivity index (χ3v) is 5.59. The molecule has 2 heterocycles. The molecule has 112 valence electrons. The summed E-state index contributed by atoms with van der Waals surface area (Å²) in [4.78, 5) is 27.0. The van der Waals surface area contributed by atoms with Crippen LogP contribution in [-0.2, 0) is 14.3 Å². The Hall–Kier alpha value is -0.940. The lowest BCUT2D eigenvalue weighted by molar-refractivity contribution is -0.151. The number of hydrogen-bond donors (Lipinski definition) is 1. The Labute approximate surface area is 119 Å². The van der Waals surface area contributed by atoms with Crippen LogP contribution >= 0.6 is 0 Å². The molecule has 0 bridgehead atoms. The van der Waals surface area contributed by atoms with Crippen LogP contribution < -0.4 is 5.73 Å². The highest BCUT2D eigenvalue weighted by molar-refractivity contribution is 6.06. The molecule has 0 aromatic carbocycles. The average molecular weight is 280 g/mol. The second-order valence-corrected chi connectivity index (χ2v) is 6.51. The second-order valence-electron chi connectivity index (χ2n) is 6.51. The van der Waals surface area contributed by atoms with Gasteiger partial charge >= 0.3 is 0 Å². The van der Waals surface area contributed by atoms with Crippen LogP contribution in [-0.4, -0.2) is 42.0 Å². The van der Waals surface area contributed by atoms with Crippen LogP contribution in [0.25, 0.3) is 0 Å². The highest BCUT2D eigenvalue weighted by Gasteiger charge is 2.57. The maximum atomic E-state index is 12.7. The first-order valence-electron chi connectivity index (χ1n) is 7.78. The van der Waals surface area contributed by atoms with E-state index in [1.807, 2.05) is 0 Å². The summed E-state index contributed by atoms with van der Waals surface area (Å²) in [5.41, 5.74) is 5.46. The van der Waals surface area contributed by atoms with Gasteiger partial charge in [0.05, 0.1) is 17.4 Å². The maximum Gasteiger partial charge on any atom is 0.233 e. The van der Waals surface area contributed by atoms with E-state index in [-0.39, 0.29) is 23.7 Å². The topological polar surface area (TPSA) is 72.6 Å². The molecular weight excluding hydrogens is 256 g/mol. The summed E-state index contributed by atoms with van der Waals surface area (Å²) >= 11 is 0. The van der Waals surface area contributed by atoms with Gasteiger partial charge in [-0.15, -0.1) is 0 Å². The van der Waals surface area contributed by atoms with Crippen LogP contribution in [0.3, 0.4) is 0 Å². The number of carbonyl (C=O) groups is 2. The molecule has 0 aromatic heterocycles. The minimum absolute atomic E-state index is 0.0308. The fraction of sp³-hybridized carbons (Fsp3) is 0.867. The molecule has 20 heavy (non-hydrogen) atoms. The van der Waals surface area contributed by atoms with E-state index in [0.717, 1.165) is 19.3 Å². The Kier molecular flexibility index (Phi) is 3.58. The first-order chi connectivity index (χ1) is 9.63. The number of fused-ring (bicyclic) bond motifs is 1. The summed E-state index contributed by atoms with van der Waals surface area (Å²) in [5.74, 6) is 0.424. The van der Waals surface area contributed by atoms with E-state index in [2.05, 4.69) is 6.92 Å². The van der Waals surface area contributed by atoms with Crippen molar-refractivity contribution in [3.05, 3.63) is 0 Å². The van der Waals surface area contributed by atoms with Crippen molar-refractivity contribution in [3.8, 4) is 0 Å². The van der Waals surface area contributed by atoms with Gasteiger partial charge in [-0.25, -0.2) is 0 Å². The maximum absolute atomic E-state index is 12.7. The lowest BCUT2D eigenvalue weighted by Crippen LogP contribution is -2.59. The monoisotopic (exact) mass is 280 g/mol. The Bertz CT molecular complexity index is 393. The molecule has 2 N–H and O–H groups in total. The van der Waals surface area contributed by atoms with E-state index < -0.39 is 5.54 Å². The van der Waals surface area contributed by atoms with Gasteiger partial charge in [0.15, 0.2) is 0 Å². The summed E-state index contributed by atoms with van der Waals surface area (Å²) in [6.07, 6.45) is 4.16. The highest BCUT2D eigenvalue weighted by Crippen LogP contribution is 2.47. The van der Waals surface area contributed by atoms with E-state index >= 15 is 0 Å². The quantitative estimate of drug-likeness (QED) is 0.780. The first kappa shape index (κ1) is 14.0. The number of amides is 2. The van der Waals surface area contributed by atoms with Crippen molar-refractivity contribution in [1.82, 2.24) is 4.90 Å². The number of nitrogens with zero attached hydrogens (tertiary/aromatic N) is 1. The number of ether oxygens (including phenoxy) is 1. The van der Waals surface area contributed by atoms with Crippen molar-refractivity contribution >= 4 is 11.8 Å². The minimum atomic E-state index is -0.488. The van der Waals surface area contributed by atoms with Crippen molar-refractivity contribution in [2.24, 2.45) is 23.5 Å². The van der Waals surface area contributed by atoms with Gasteiger partial charge in [0, 0.05) is 19.8 Å². The minimum Gasteiger partial charge on any atom is -0.381 e. The van der Waals surface area contributed by atoms with Crippen LogP contribution in [0.4, 0.5) is 0 Å². The molecule has 2 saturated heterocycles. The lowest BCUT2D eigenvalue weighted by Gasteiger charge is -2.43. The average Bonchev–Trinajstić information content (AvgIpc) is 3.00. The zero-order valence-electron chi connectivity index (χ0n) is 12.1. The molecule has 2 amide bonds. The van der Waals surface area contributed by atoms with Gasteiger partial charge in [0.2, 0.25) is 11.8 Å². The van der Waals surface area contributed by atoms with E-state index in [1.165, 1.54) is 4.90 Å². The number of hydrogen-bond acceptors (Lipinski definition) is 4. The fourth-order valence-electron chi connectivity index (χ4n) is 4.20. The fourth-order valence-corrected chi connectivity index (χ4v) is 4.20. The molecule has 3 rings (SSSR count). The molecule has 0 radical (unpaired) electrons. The summed E-state index contributed by atoms with van der Waals surface area (Å²) in [6, 6.07) is 0. The molecule has 3 aliphatic rings. The van der Waals surface area contributed by atoms with Gasteiger partial charge in [-0.05, 0) is 31.6 Å². The number of imide groups is 1. The van der Waals surface area contributed by atoms with Crippen molar-refractivity contribution in [1.29, 1.82) is 0 Å². The summed E-state index contributed by atoms with van der Waals surface area (Å²) in [7, 11) is 0. The predicted molar refractivity (Wildman–Crippen MR) is 73.7 cm³/mol. The standard InChI is InChI=1S/C15H24N2O3/c1-2-10-7-11-12(8-10)14(19)17(13(11)18)15(9-16)3-5-20-6-4-15/h10-12H,2-9,16H2,1H3. The molecule has 1 aliphatic carbocycles. The summed E-state index contributed by atoms with van der Waals surface area (Å²) in [6.45, 7) is 3.66. The van der Waals surface area contributed by atoms with Crippen molar-refractivity contribution in [3.63, 3.8) is 0 Å². The van der Waals surface area contributed by atoms with Crippen LogP contribution in [0.2, 0.25) is 0 Å². The molecule has 5 nitrogen and oxygen atoms in total. The highest BCUT2D eigenvalue weighted by atomic mass is 16.5. The Balaban J connectivity index is 1.85. The van der Waals surface area contributed by atoms with Gasteiger partial charge in [-0.2, -0.15) is 0 Å². The number of carbonyl (C=O) groups excluding carboxylic acids is 2. The normalized spacial score (nSPS) is 36.5. The lowest BCUT2D eigenvalue weighted by atomic mass is 9.87. The number of nitrogens with two attached hydrogens (primary N) is 1. The van der Waals surface area contributed by atoms with E-state index in [4.69, 9.17) is 10.5 Å². The molecule has 0 aromatic rings. The molecule has 0 spiro atoms. The molecule has 2 atom stereocenters. The van der Waals surface area contributed by atoms with Crippen LogP contribution in [0.5, 0.6) is 0 Å². The van der Waals surface area contributed by atoms with Crippen LogP contribution in [0.1, 0.15) is 39.0 Å². The van der Waals surface area contributed by atoms with E-state index in [9.17, 15) is 9.59 Å². The molecule has 2 aliphatic heterocycles. The van der Waals surface area contributed by atoms with Gasteiger partial charge in [0.25, 0.3) is 0 Å². The molecule has 1 saturated carbocycles. The van der Waals surface area contributed by atoms with Gasteiger partial charge in [-0.3, -0.25) is 14.5 Å². The second kappa shape index (κ2) is 5.11. The zero-order chi connectivity index (χ0) is 14.3. The van der Waals surface area contributed by atoms with Crippen LogP contribution in [0.15, 0.2) is 0 Å². The van der Waals surface area contributed by atoms with Crippen molar-refractivity contribution < 1.29 is 14.3 Å². The summed E-state index contributed by atoms with van der Waals surface area (Å²) < 4.78 is 5.38. The molecular formula is C15H24N2O3. The zero-order valence-corrected chi connectivity index (χ0v) is 12.1. The van der Waals surface area contributed by atoms with Gasteiger partial charge in [-0.1, -0.05) is 13.3 Å². The third-order valence-electron chi connectivity index (χ3n) is 5.59. The van der Waals surface area contributed by atoms with E-state index in [1.54, 1.807) is 0 Å². The van der Waals surface area contributed by atoms with Gasteiger partial charge in [0.1, 0.15) is 0 Å². The largest absolute Gasteiger partial charge is 0.381 e. The SMILES string of the molecule is CCC1CC2C(=O)N(C3(CN)CCOCC3)C(=O)C2C1. The van der Waals surface area contributed by atoms with Crippen LogP contribution in [0, 0.1) is 17.8 Å². The predicted octanol–water partition coefficient (Wildman–Crippen LogP) is 0.915. The first-order valence-corrected chi connectivity index (χ1v) is 7.78. The molecule has 5 heteroatoms. The van der Waals surface area contributed by atoms with E-state index in [0.29, 0.717) is 38.5 Å². The van der Waals surface area contributed by atoms with Crippen molar-refractivity contribution in [2.75, 3.05) is 19.8 Å². The Morgan fingerprint density at radius 2 is 1.75 bits per heavy atom. The Morgan fingerprint density at radius 1 is 1.20 bits per heavy atom. The number of rotatable bonds is 3. The van der Waals surface area contributed by atoms with Crippen molar-refractivity contribution in [2.45, 2.75) is 44.6 Å². The molecule has 3 fully saturated rings. The smallest absolute Gasteiger partial charge is 0.233 e. The third kappa shape index (κ3) is 1.91. The number of likely N-dealkylation sites (tertiary alicyclic amines) is 1.